The molecule has 1 saturated heterocycles. The molecule has 104 valence electrons. The monoisotopic (exact) mass is 264 g/mol. The van der Waals surface area contributed by atoms with E-state index in [9.17, 15) is 9.59 Å². The van der Waals surface area contributed by atoms with Crippen LogP contribution in [0.25, 0.3) is 0 Å². The molecule has 0 bridgehead atoms. The molecule has 0 aliphatic carbocycles. The first-order chi connectivity index (χ1) is 8.98. The van der Waals surface area contributed by atoms with E-state index in [2.05, 4.69) is 5.32 Å². The average molecular weight is 264 g/mol. The van der Waals surface area contributed by atoms with Gasteiger partial charge in [-0.3, -0.25) is 9.59 Å². The molecule has 5 nitrogen and oxygen atoms in total. The summed E-state index contributed by atoms with van der Waals surface area (Å²) >= 11 is 0. The first-order valence-electron chi connectivity index (χ1n) is 6.63. The van der Waals surface area contributed by atoms with Crippen LogP contribution in [0.3, 0.4) is 0 Å². The summed E-state index contributed by atoms with van der Waals surface area (Å²) in [6.07, 6.45) is 2.82. The van der Waals surface area contributed by atoms with Crippen LogP contribution in [-0.4, -0.2) is 34.8 Å². The zero-order valence-corrected chi connectivity index (χ0v) is 11.6. The van der Waals surface area contributed by atoms with E-state index in [4.69, 9.17) is 4.42 Å². The van der Waals surface area contributed by atoms with Gasteiger partial charge in [-0.2, -0.15) is 0 Å². The number of amides is 2. The third-order valence-corrected chi connectivity index (χ3v) is 3.87. The number of furan rings is 1. The summed E-state index contributed by atoms with van der Waals surface area (Å²) in [4.78, 5) is 26.1. The highest BCUT2D eigenvalue weighted by Gasteiger charge is 2.44. The first-order valence-corrected chi connectivity index (χ1v) is 6.63. The van der Waals surface area contributed by atoms with Crippen LogP contribution >= 0.6 is 0 Å². The summed E-state index contributed by atoms with van der Waals surface area (Å²) in [7, 11) is 0. The molecule has 1 aliphatic heterocycles. The molecule has 1 aromatic heterocycles. The van der Waals surface area contributed by atoms with Gasteiger partial charge in [0.1, 0.15) is 17.3 Å². The lowest BCUT2D eigenvalue weighted by atomic mass is 9.92. The molecule has 2 atom stereocenters. The van der Waals surface area contributed by atoms with Crippen LogP contribution < -0.4 is 5.32 Å². The molecule has 2 unspecified atom stereocenters. The maximum Gasteiger partial charge on any atom is 0.248 e. The molecule has 1 fully saturated rings. The normalized spacial score (nSPS) is 27.5. The van der Waals surface area contributed by atoms with Crippen molar-refractivity contribution in [3.05, 3.63) is 24.2 Å². The van der Waals surface area contributed by atoms with E-state index < -0.39 is 11.6 Å². The number of hydrogen-bond donors (Lipinski definition) is 1. The summed E-state index contributed by atoms with van der Waals surface area (Å²) in [5.74, 6) is 0.709. The van der Waals surface area contributed by atoms with Gasteiger partial charge in [-0.25, -0.2) is 0 Å². The highest BCUT2D eigenvalue weighted by molar-refractivity contribution is 5.99. The molecule has 1 aromatic rings. The molecule has 0 radical (unpaired) electrons. The Balaban J connectivity index is 2.11. The van der Waals surface area contributed by atoms with E-state index in [1.807, 2.05) is 19.1 Å². The van der Waals surface area contributed by atoms with E-state index >= 15 is 0 Å². The van der Waals surface area contributed by atoms with E-state index in [-0.39, 0.29) is 11.8 Å². The fourth-order valence-corrected chi connectivity index (χ4v) is 2.28. The Morgan fingerprint density at radius 2 is 2.21 bits per heavy atom. The lowest BCUT2D eigenvalue weighted by molar-refractivity contribution is -0.153. The highest BCUT2D eigenvalue weighted by Crippen LogP contribution is 2.21. The van der Waals surface area contributed by atoms with Crippen molar-refractivity contribution >= 4 is 11.8 Å². The average Bonchev–Trinajstić information content (AvgIpc) is 2.90. The smallest absolute Gasteiger partial charge is 0.248 e. The molecule has 0 saturated carbocycles. The Hall–Kier alpha value is -1.78. The molecule has 1 N–H and O–H groups in total. The molecule has 0 aromatic carbocycles. The van der Waals surface area contributed by atoms with E-state index in [1.165, 1.54) is 0 Å². The fraction of sp³-hybridized carbons (Fsp3) is 0.571. The van der Waals surface area contributed by atoms with Crippen molar-refractivity contribution in [1.82, 2.24) is 10.2 Å². The van der Waals surface area contributed by atoms with E-state index in [0.717, 1.165) is 5.76 Å². The van der Waals surface area contributed by atoms with Crippen LogP contribution in [0.15, 0.2) is 22.8 Å². The second-order valence-electron chi connectivity index (χ2n) is 5.18. The Morgan fingerprint density at radius 1 is 1.47 bits per heavy atom. The van der Waals surface area contributed by atoms with Crippen LogP contribution in [0, 0.1) is 0 Å². The summed E-state index contributed by atoms with van der Waals surface area (Å²) in [5.41, 5.74) is -0.785. The molecule has 19 heavy (non-hydrogen) atoms. The molecule has 1 aliphatic rings. The van der Waals surface area contributed by atoms with Gasteiger partial charge in [0.05, 0.1) is 6.26 Å². The number of nitrogens with one attached hydrogen (secondary N) is 1. The SMILES string of the molecule is CCC1(C)NC(=O)C(C)N(CCc2ccco2)C1=O. The Bertz CT molecular complexity index is 469. The van der Waals surface area contributed by atoms with Gasteiger partial charge < -0.3 is 14.6 Å². The van der Waals surface area contributed by atoms with Gasteiger partial charge in [0.25, 0.3) is 0 Å². The van der Waals surface area contributed by atoms with Gasteiger partial charge in [-0.15, -0.1) is 0 Å². The van der Waals surface area contributed by atoms with Crippen LogP contribution in [0.5, 0.6) is 0 Å². The summed E-state index contributed by atoms with van der Waals surface area (Å²) in [6.45, 7) is 5.93. The number of piperazine rings is 1. The molecular weight excluding hydrogens is 244 g/mol. The summed E-state index contributed by atoms with van der Waals surface area (Å²) < 4.78 is 5.26. The van der Waals surface area contributed by atoms with Crippen molar-refractivity contribution in [3.8, 4) is 0 Å². The van der Waals surface area contributed by atoms with Gasteiger partial charge in [0.2, 0.25) is 11.8 Å². The van der Waals surface area contributed by atoms with Gasteiger partial charge in [0, 0.05) is 13.0 Å². The first kappa shape index (κ1) is 13.6. The van der Waals surface area contributed by atoms with Gasteiger partial charge in [-0.1, -0.05) is 6.92 Å². The Labute approximate surface area is 113 Å². The molecule has 2 heterocycles. The zero-order chi connectivity index (χ0) is 14.0. The minimum absolute atomic E-state index is 0.0198. The van der Waals surface area contributed by atoms with Crippen molar-refractivity contribution < 1.29 is 14.0 Å². The second kappa shape index (κ2) is 5.07. The van der Waals surface area contributed by atoms with Crippen LogP contribution in [0.4, 0.5) is 0 Å². The van der Waals surface area contributed by atoms with Gasteiger partial charge in [-0.05, 0) is 32.4 Å². The third kappa shape index (κ3) is 2.50. The number of hydrogen-bond acceptors (Lipinski definition) is 3. The zero-order valence-electron chi connectivity index (χ0n) is 11.6. The standard InChI is InChI=1S/C14H20N2O3/c1-4-14(3)13(18)16(10(2)12(17)15-14)8-7-11-6-5-9-19-11/h5-6,9-10H,4,7-8H2,1-3H3,(H,15,17). The number of nitrogens with zero attached hydrogens (tertiary/aromatic N) is 1. The number of carbonyl (C=O) groups excluding carboxylic acids is 2. The van der Waals surface area contributed by atoms with Gasteiger partial charge >= 0.3 is 0 Å². The van der Waals surface area contributed by atoms with Gasteiger partial charge in [0.15, 0.2) is 0 Å². The molecule has 5 heteroatoms. The second-order valence-corrected chi connectivity index (χ2v) is 5.18. The van der Waals surface area contributed by atoms with E-state index in [0.29, 0.717) is 19.4 Å². The fourth-order valence-electron chi connectivity index (χ4n) is 2.28. The summed E-state index contributed by atoms with van der Waals surface area (Å²) in [6, 6.07) is 3.26. The molecule has 2 amide bonds. The number of carbonyl (C=O) groups is 2. The third-order valence-electron chi connectivity index (χ3n) is 3.87. The predicted molar refractivity (Wildman–Crippen MR) is 70.4 cm³/mol. The number of rotatable bonds is 4. The van der Waals surface area contributed by atoms with E-state index in [1.54, 1.807) is 25.0 Å². The van der Waals surface area contributed by atoms with Crippen LogP contribution in [0.2, 0.25) is 0 Å². The van der Waals surface area contributed by atoms with Crippen LogP contribution in [-0.2, 0) is 16.0 Å². The Kier molecular flexibility index (Phi) is 3.64. The van der Waals surface area contributed by atoms with Crippen LogP contribution in [0.1, 0.15) is 33.0 Å². The summed E-state index contributed by atoms with van der Waals surface area (Å²) in [5, 5.41) is 2.81. The molecule has 0 spiro atoms. The van der Waals surface area contributed by atoms with Crippen molar-refractivity contribution in [2.24, 2.45) is 0 Å². The lowest BCUT2D eigenvalue weighted by Gasteiger charge is -2.43. The molecule has 2 rings (SSSR count). The minimum atomic E-state index is -0.785. The topological polar surface area (TPSA) is 62.6 Å². The maximum atomic E-state index is 12.5. The van der Waals surface area contributed by atoms with Crippen molar-refractivity contribution in [3.63, 3.8) is 0 Å². The Morgan fingerprint density at radius 3 is 2.79 bits per heavy atom. The van der Waals surface area contributed by atoms with Crippen molar-refractivity contribution in [2.45, 2.75) is 45.2 Å². The highest BCUT2D eigenvalue weighted by atomic mass is 16.3. The molecular formula is C14H20N2O3. The van der Waals surface area contributed by atoms with Crippen molar-refractivity contribution in [1.29, 1.82) is 0 Å². The quantitative estimate of drug-likeness (QED) is 0.892. The van der Waals surface area contributed by atoms with Crippen molar-refractivity contribution in [2.75, 3.05) is 6.54 Å². The maximum absolute atomic E-state index is 12.5. The largest absolute Gasteiger partial charge is 0.469 e. The minimum Gasteiger partial charge on any atom is -0.469 e. The lowest BCUT2D eigenvalue weighted by Crippen LogP contribution is -2.68. The predicted octanol–water partition coefficient (Wildman–Crippen LogP) is 1.34.